The summed E-state index contributed by atoms with van der Waals surface area (Å²) in [4.78, 5) is 10.2. The molecule has 1 aromatic carbocycles. The third-order valence-electron chi connectivity index (χ3n) is 2.16. The lowest BCUT2D eigenvalue weighted by Gasteiger charge is -2.03. The first-order valence-electron chi connectivity index (χ1n) is 5.02. The lowest BCUT2D eigenvalue weighted by molar-refractivity contribution is -0.386. The number of hydrogen-bond acceptors (Lipinski definition) is 2. The van der Waals surface area contributed by atoms with Gasteiger partial charge in [-0.05, 0) is 5.56 Å². The second kappa shape index (κ2) is 6.16. The Hall–Kier alpha value is -1.39. The maximum absolute atomic E-state index is 10.2. The van der Waals surface area contributed by atoms with Crippen molar-refractivity contribution >= 4 is 5.97 Å². The summed E-state index contributed by atoms with van der Waals surface area (Å²) in [5, 5.41) is 11.5. The van der Waals surface area contributed by atoms with Gasteiger partial charge in [0.2, 0.25) is 0 Å². The molecule has 0 aromatic heterocycles. The number of carboxylic acids is 1. The fourth-order valence-corrected chi connectivity index (χ4v) is 1.25. The highest BCUT2D eigenvalue weighted by molar-refractivity contribution is 5.66. The minimum Gasteiger partial charge on any atom is -0.481 e. The Bertz CT molecular complexity index is 309. The quantitative estimate of drug-likeness (QED) is 0.577. The number of quaternary nitrogens is 1. The van der Waals surface area contributed by atoms with Crippen LogP contribution in [-0.4, -0.2) is 17.6 Å². The van der Waals surface area contributed by atoms with Crippen molar-refractivity contribution in [3.05, 3.63) is 35.4 Å². The summed E-state index contributed by atoms with van der Waals surface area (Å²) in [7, 11) is 0. The summed E-state index contributed by atoms with van der Waals surface area (Å²) in [6.07, 6.45) is 0.164. The molecule has 0 bridgehead atoms. The van der Waals surface area contributed by atoms with Gasteiger partial charge in [-0.1, -0.05) is 24.3 Å². The molecule has 1 aromatic rings. The van der Waals surface area contributed by atoms with Crippen LogP contribution in [0.15, 0.2) is 24.3 Å². The molecule has 0 atom stereocenters. The molecule has 0 unspecified atom stereocenters. The van der Waals surface area contributed by atoms with Gasteiger partial charge in [0, 0.05) is 18.7 Å². The number of carboxylic acid groups (broad SMARTS) is 1. The molecule has 5 N–H and O–H groups in total. The molecule has 0 aliphatic rings. The van der Waals surface area contributed by atoms with Crippen LogP contribution < -0.4 is 11.1 Å². The van der Waals surface area contributed by atoms with Crippen molar-refractivity contribution in [3.8, 4) is 0 Å². The average molecular weight is 209 g/mol. The van der Waals surface area contributed by atoms with Gasteiger partial charge < -0.3 is 16.2 Å². The maximum Gasteiger partial charge on any atom is 0.304 e. The molecule has 15 heavy (non-hydrogen) atoms. The Morgan fingerprint density at radius 2 is 1.87 bits per heavy atom. The van der Waals surface area contributed by atoms with Crippen molar-refractivity contribution in [1.29, 1.82) is 0 Å². The highest BCUT2D eigenvalue weighted by Gasteiger charge is 1.97. The second-order valence-corrected chi connectivity index (χ2v) is 3.39. The van der Waals surface area contributed by atoms with Gasteiger partial charge >= 0.3 is 5.97 Å². The molecule has 1 rings (SSSR count). The van der Waals surface area contributed by atoms with Crippen LogP contribution in [0, 0.1) is 0 Å². The van der Waals surface area contributed by atoms with Crippen molar-refractivity contribution in [1.82, 2.24) is 5.32 Å². The standard InChI is InChI=1S/C11H16N2O2/c12-7-9-1-3-10(4-2-9)8-13-6-5-11(14)15/h1-4,13H,5-8,12H2,(H,14,15)/p+1. The smallest absolute Gasteiger partial charge is 0.304 e. The van der Waals surface area contributed by atoms with Crippen molar-refractivity contribution in [2.75, 3.05) is 6.54 Å². The van der Waals surface area contributed by atoms with E-state index in [-0.39, 0.29) is 6.42 Å². The third kappa shape index (κ3) is 4.58. The number of carbonyl (C=O) groups is 1. The van der Waals surface area contributed by atoms with Gasteiger partial charge in [0.25, 0.3) is 0 Å². The fourth-order valence-electron chi connectivity index (χ4n) is 1.25. The van der Waals surface area contributed by atoms with Gasteiger partial charge in [0.1, 0.15) is 0 Å². The zero-order valence-electron chi connectivity index (χ0n) is 8.70. The highest BCUT2D eigenvalue weighted by Crippen LogP contribution is 2.02. The number of hydrogen-bond donors (Lipinski definition) is 3. The molecular weight excluding hydrogens is 192 g/mol. The van der Waals surface area contributed by atoms with Crippen molar-refractivity contribution < 1.29 is 15.6 Å². The van der Waals surface area contributed by atoms with Crippen LogP contribution in [0.5, 0.6) is 0 Å². The van der Waals surface area contributed by atoms with Gasteiger partial charge in [-0.3, -0.25) is 4.79 Å². The number of rotatable bonds is 6. The maximum atomic E-state index is 10.2. The minimum atomic E-state index is -0.769. The van der Waals surface area contributed by atoms with Gasteiger partial charge in [-0.15, -0.1) is 0 Å². The Morgan fingerprint density at radius 1 is 1.27 bits per heavy atom. The Labute approximate surface area is 89.1 Å². The van der Waals surface area contributed by atoms with Crippen LogP contribution in [0.4, 0.5) is 0 Å². The SMILES string of the molecule is [NH3+]Cc1ccc(CNCCC(=O)O)cc1. The van der Waals surface area contributed by atoms with Gasteiger partial charge in [-0.2, -0.15) is 0 Å². The molecule has 82 valence electrons. The molecular formula is C11H17N2O2+. The topological polar surface area (TPSA) is 77.0 Å². The monoisotopic (exact) mass is 209 g/mol. The largest absolute Gasteiger partial charge is 0.481 e. The van der Waals surface area contributed by atoms with Gasteiger partial charge in [-0.25, -0.2) is 0 Å². The van der Waals surface area contributed by atoms with E-state index in [4.69, 9.17) is 5.11 Å². The first-order chi connectivity index (χ1) is 7.22. The van der Waals surface area contributed by atoms with Crippen molar-refractivity contribution in [2.24, 2.45) is 0 Å². The molecule has 0 radical (unpaired) electrons. The highest BCUT2D eigenvalue weighted by atomic mass is 16.4. The van der Waals surface area contributed by atoms with Crippen LogP contribution in [0.3, 0.4) is 0 Å². The summed E-state index contributed by atoms with van der Waals surface area (Å²) in [5.74, 6) is -0.769. The number of aliphatic carboxylic acids is 1. The van der Waals surface area contributed by atoms with E-state index in [0.717, 1.165) is 12.1 Å². The van der Waals surface area contributed by atoms with E-state index < -0.39 is 5.97 Å². The molecule has 0 saturated heterocycles. The normalized spacial score (nSPS) is 10.2. The number of nitrogens with one attached hydrogen (secondary N) is 1. The molecule has 0 amide bonds. The van der Waals surface area contributed by atoms with E-state index in [0.29, 0.717) is 13.1 Å². The Morgan fingerprint density at radius 3 is 2.40 bits per heavy atom. The van der Waals surface area contributed by atoms with E-state index in [2.05, 4.69) is 11.1 Å². The first-order valence-corrected chi connectivity index (χ1v) is 5.02. The van der Waals surface area contributed by atoms with Crippen LogP contribution in [-0.2, 0) is 17.9 Å². The molecule has 0 spiro atoms. The fraction of sp³-hybridized carbons (Fsp3) is 0.364. The summed E-state index contributed by atoms with van der Waals surface area (Å²) in [6, 6.07) is 8.16. The van der Waals surface area contributed by atoms with Crippen LogP contribution in [0.2, 0.25) is 0 Å². The molecule has 0 saturated carbocycles. The minimum absolute atomic E-state index is 0.164. The van der Waals surface area contributed by atoms with E-state index in [1.54, 1.807) is 0 Å². The summed E-state index contributed by atoms with van der Waals surface area (Å²) in [6.45, 7) is 2.02. The second-order valence-electron chi connectivity index (χ2n) is 3.39. The summed E-state index contributed by atoms with van der Waals surface area (Å²) in [5.41, 5.74) is 6.18. The zero-order valence-corrected chi connectivity index (χ0v) is 8.70. The molecule has 4 nitrogen and oxygen atoms in total. The first kappa shape index (κ1) is 11.7. The van der Waals surface area contributed by atoms with Gasteiger partial charge in [0.15, 0.2) is 0 Å². The summed E-state index contributed by atoms with van der Waals surface area (Å²) < 4.78 is 0. The van der Waals surface area contributed by atoms with E-state index in [9.17, 15) is 4.79 Å². The lowest BCUT2D eigenvalue weighted by Crippen LogP contribution is -2.47. The third-order valence-corrected chi connectivity index (χ3v) is 2.16. The Kier molecular flexibility index (Phi) is 4.80. The average Bonchev–Trinajstić information content (AvgIpc) is 2.25. The van der Waals surface area contributed by atoms with Crippen LogP contribution >= 0.6 is 0 Å². The predicted octanol–water partition coefficient (Wildman–Crippen LogP) is -0.00720. The molecule has 0 fully saturated rings. The van der Waals surface area contributed by atoms with Crippen molar-refractivity contribution in [2.45, 2.75) is 19.5 Å². The molecule has 0 aliphatic heterocycles. The van der Waals surface area contributed by atoms with Crippen LogP contribution in [0.25, 0.3) is 0 Å². The molecule has 0 heterocycles. The van der Waals surface area contributed by atoms with E-state index >= 15 is 0 Å². The van der Waals surface area contributed by atoms with Crippen LogP contribution in [0.1, 0.15) is 17.5 Å². The molecule has 0 aliphatic carbocycles. The lowest BCUT2D eigenvalue weighted by atomic mass is 10.1. The van der Waals surface area contributed by atoms with Crippen molar-refractivity contribution in [3.63, 3.8) is 0 Å². The van der Waals surface area contributed by atoms with E-state index in [1.165, 1.54) is 5.56 Å². The zero-order chi connectivity index (χ0) is 11.1. The molecule has 4 heteroatoms. The predicted molar refractivity (Wildman–Crippen MR) is 57.0 cm³/mol. The van der Waals surface area contributed by atoms with Gasteiger partial charge in [0.05, 0.1) is 13.0 Å². The number of benzene rings is 1. The summed E-state index contributed by atoms with van der Waals surface area (Å²) >= 11 is 0. The van der Waals surface area contributed by atoms with E-state index in [1.807, 2.05) is 24.3 Å². The Balaban J connectivity index is 2.28.